The zero-order chi connectivity index (χ0) is 19.1. The Morgan fingerprint density at radius 3 is 3.04 bits per heavy atom. The SMILES string of the molecule is CCOc1cc(-c2ccc(N3CCCC(O)C3)nc2)c2c3cn[nH]c3nn2c1. The molecule has 0 amide bonds. The number of β-amino-alcohol motifs (C(OH)–C–C–N with tert-alkyl or cyclic N) is 1. The van der Waals surface area contributed by atoms with Gasteiger partial charge in [0.2, 0.25) is 0 Å². The van der Waals surface area contributed by atoms with Crippen LogP contribution in [0.2, 0.25) is 0 Å². The predicted molar refractivity (Wildman–Crippen MR) is 107 cm³/mol. The Labute approximate surface area is 161 Å². The molecule has 0 aliphatic carbocycles. The topological polar surface area (TPSA) is 91.6 Å². The van der Waals surface area contributed by atoms with E-state index in [9.17, 15) is 5.11 Å². The summed E-state index contributed by atoms with van der Waals surface area (Å²) in [7, 11) is 0. The normalized spacial score (nSPS) is 17.5. The van der Waals surface area contributed by atoms with E-state index in [-0.39, 0.29) is 6.10 Å². The van der Waals surface area contributed by atoms with Crippen molar-refractivity contribution >= 4 is 22.4 Å². The molecule has 0 spiro atoms. The van der Waals surface area contributed by atoms with E-state index >= 15 is 0 Å². The van der Waals surface area contributed by atoms with Gasteiger partial charge in [-0.25, -0.2) is 9.50 Å². The molecule has 4 aromatic heterocycles. The summed E-state index contributed by atoms with van der Waals surface area (Å²) in [6.07, 6.45) is 7.11. The third-order valence-corrected chi connectivity index (χ3v) is 5.19. The summed E-state index contributed by atoms with van der Waals surface area (Å²) in [4.78, 5) is 6.80. The van der Waals surface area contributed by atoms with Crippen LogP contribution in [0.5, 0.6) is 5.75 Å². The molecule has 0 radical (unpaired) electrons. The number of aromatic amines is 1. The van der Waals surface area contributed by atoms with Gasteiger partial charge < -0.3 is 14.7 Å². The lowest BCUT2D eigenvalue weighted by atomic mass is 10.1. The fraction of sp³-hybridized carbons (Fsp3) is 0.350. The number of aliphatic hydroxyl groups is 1. The van der Waals surface area contributed by atoms with Crippen molar-refractivity contribution in [3.63, 3.8) is 0 Å². The van der Waals surface area contributed by atoms with Crippen LogP contribution in [-0.4, -0.2) is 55.7 Å². The molecule has 1 atom stereocenters. The molecular formula is C20H22N6O2. The van der Waals surface area contributed by atoms with Gasteiger partial charge in [0.25, 0.3) is 0 Å². The highest BCUT2D eigenvalue weighted by Gasteiger charge is 2.19. The quantitative estimate of drug-likeness (QED) is 0.567. The first kappa shape index (κ1) is 17.0. The highest BCUT2D eigenvalue weighted by molar-refractivity contribution is 6.00. The minimum Gasteiger partial charge on any atom is -0.492 e. The largest absolute Gasteiger partial charge is 0.492 e. The molecule has 5 rings (SSSR count). The van der Waals surface area contributed by atoms with Crippen molar-refractivity contribution in [2.45, 2.75) is 25.9 Å². The first-order valence-electron chi connectivity index (χ1n) is 9.60. The number of H-pyrrole nitrogens is 1. The van der Waals surface area contributed by atoms with Gasteiger partial charge in [0.1, 0.15) is 11.6 Å². The lowest BCUT2D eigenvalue weighted by Crippen LogP contribution is -2.38. The molecule has 4 aromatic rings. The van der Waals surface area contributed by atoms with Crippen LogP contribution in [0.1, 0.15) is 19.8 Å². The van der Waals surface area contributed by atoms with Gasteiger partial charge in [0.15, 0.2) is 5.65 Å². The van der Waals surface area contributed by atoms with Crippen LogP contribution in [0.4, 0.5) is 5.82 Å². The molecule has 8 heteroatoms. The van der Waals surface area contributed by atoms with Crippen molar-refractivity contribution in [3.05, 3.63) is 36.8 Å². The van der Waals surface area contributed by atoms with Crippen molar-refractivity contribution in [2.24, 2.45) is 0 Å². The van der Waals surface area contributed by atoms with E-state index in [1.54, 1.807) is 6.20 Å². The summed E-state index contributed by atoms with van der Waals surface area (Å²) in [6.45, 7) is 4.10. The van der Waals surface area contributed by atoms with E-state index in [2.05, 4.69) is 31.2 Å². The minimum absolute atomic E-state index is 0.279. The Bertz CT molecular complexity index is 1120. The Morgan fingerprint density at radius 2 is 2.25 bits per heavy atom. The van der Waals surface area contributed by atoms with Crippen LogP contribution in [-0.2, 0) is 0 Å². The van der Waals surface area contributed by atoms with Crippen molar-refractivity contribution in [1.29, 1.82) is 0 Å². The summed E-state index contributed by atoms with van der Waals surface area (Å²) in [6, 6.07) is 6.10. The number of piperidine rings is 1. The molecule has 28 heavy (non-hydrogen) atoms. The van der Waals surface area contributed by atoms with Gasteiger partial charge in [-0.05, 0) is 38.0 Å². The fourth-order valence-corrected chi connectivity index (χ4v) is 3.90. The van der Waals surface area contributed by atoms with Crippen LogP contribution >= 0.6 is 0 Å². The number of pyridine rings is 2. The average Bonchev–Trinajstić information content (AvgIpc) is 3.29. The molecule has 0 saturated carbocycles. The fourth-order valence-electron chi connectivity index (χ4n) is 3.90. The highest BCUT2D eigenvalue weighted by atomic mass is 16.5. The minimum atomic E-state index is -0.279. The van der Waals surface area contributed by atoms with E-state index < -0.39 is 0 Å². The third-order valence-electron chi connectivity index (χ3n) is 5.19. The number of aliphatic hydroxyl groups excluding tert-OH is 1. The molecule has 1 aliphatic heterocycles. The Kier molecular flexibility index (Phi) is 4.12. The van der Waals surface area contributed by atoms with Crippen molar-refractivity contribution < 1.29 is 9.84 Å². The molecule has 1 aliphatic rings. The van der Waals surface area contributed by atoms with E-state index in [4.69, 9.17) is 4.74 Å². The number of nitrogens with one attached hydrogen (secondary N) is 1. The highest BCUT2D eigenvalue weighted by Crippen LogP contribution is 2.33. The van der Waals surface area contributed by atoms with Crippen LogP contribution in [0.15, 0.2) is 36.8 Å². The Balaban J connectivity index is 1.59. The Morgan fingerprint density at radius 1 is 1.32 bits per heavy atom. The van der Waals surface area contributed by atoms with Crippen LogP contribution < -0.4 is 9.64 Å². The third kappa shape index (κ3) is 2.86. The smallest absolute Gasteiger partial charge is 0.178 e. The number of hydrogen-bond donors (Lipinski definition) is 2. The van der Waals surface area contributed by atoms with E-state index in [0.29, 0.717) is 13.2 Å². The maximum atomic E-state index is 9.93. The maximum Gasteiger partial charge on any atom is 0.178 e. The molecule has 144 valence electrons. The van der Waals surface area contributed by atoms with Gasteiger partial charge in [-0.1, -0.05) is 0 Å². The average molecular weight is 378 g/mol. The molecule has 0 aromatic carbocycles. The second-order valence-electron chi connectivity index (χ2n) is 7.10. The molecular weight excluding hydrogens is 356 g/mol. The standard InChI is InChI=1S/C20H22N6O2/c1-2-28-15-8-16(19-17-10-22-23-20(17)24-26(19)12-15)13-5-6-18(21-9-13)25-7-3-4-14(27)11-25/h5-6,8-10,12,14,27H,2-4,7,11H2,1H3,(H,23,24). The summed E-state index contributed by atoms with van der Waals surface area (Å²) >= 11 is 0. The van der Waals surface area contributed by atoms with Gasteiger partial charge in [0.05, 0.1) is 36.0 Å². The van der Waals surface area contributed by atoms with Crippen LogP contribution in [0.25, 0.3) is 27.7 Å². The molecule has 0 bridgehead atoms. The first-order valence-corrected chi connectivity index (χ1v) is 9.60. The first-order chi connectivity index (χ1) is 13.7. The van der Waals surface area contributed by atoms with Crippen LogP contribution in [0, 0.1) is 0 Å². The zero-order valence-electron chi connectivity index (χ0n) is 15.7. The van der Waals surface area contributed by atoms with Crippen molar-refractivity contribution in [3.8, 4) is 16.9 Å². The zero-order valence-corrected chi connectivity index (χ0v) is 15.7. The lowest BCUT2D eigenvalue weighted by Gasteiger charge is -2.31. The summed E-state index contributed by atoms with van der Waals surface area (Å²) < 4.78 is 7.57. The second-order valence-corrected chi connectivity index (χ2v) is 7.10. The molecule has 2 N–H and O–H groups in total. The number of fused-ring (bicyclic) bond motifs is 3. The van der Waals surface area contributed by atoms with Crippen LogP contribution in [0.3, 0.4) is 0 Å². The number of ether oxygens (including phenoxy) is 1. The number of nitrogens with zero attached hydrogens (tertiary/aromatic N) is 5. The number of rotatable bonds is 4. The summed E-state index contributed by atoms with van der Waals surface area (Å²) in [5.41, 5.74) is 3.68. The molecule has 1 saturated heterocycles. The summed E-state index contributed by atoms with van der Waals surface area (Å²) in [5, 5.41) is 22.5. The van der Waals surface area contributed by atoms with E-state index in [1.807, 2.05) is 36.0 Å². The van der Waals surface area contributed by atoms with E-state index in [1.165, 1.54) is 0 Å². The molecule has 1 fully saturated rings. The summed E-state index contributed by atoms with van der Waals surface area (Å²) in [5.74, 6) is 1.65. The lowest BCUT2D eigenvalue weighted by molar-refractivity contribution is 0.154. The number of aromatic nitrogens is 5. The molecule has 5 heterocycles. The Hall–Kier alpha value is -3.13. The van der Waals surface area contributed by atoms with Gasteiger partial charge in [-0.15, -0.1) is 5.10 Å². The number of hydrogen-bond acceptors (Lipinski definition) is 6. The van der Waals surface area contributed by atoms with Gasteiger partial charge in [-0.2, -0.15) is 5.10 Å². The molecule has 1 unspecified atom stereocenters. The predicted octanol–water partition coefficient (Wildman–Crippen LogP) is 2.63. The van der Waals surface area contributed by atoms with Crippen molar-refractivity contribution in [1.82, 2.24) is 24.8 Å². The molecule has 8 nitrogen and oxygen atoms in total. The van der Waals surface area contributed by atoms with Gasteiger partial charge >= 0.3 is 0 Å². The van der Waals surface area contributed by atoms with E-state index in [0.717, 1.165) is 58.6 Å². The monoisotopic (exact) mass is 378 g/mol. The van der Waals surface area contributed by atoms with Gasteiger partial charge in [-0.3, -0.25) is 5.10 Å². The maximum absolute atomic E-state index is 9.93. The van der Waals surface area contributed by atoms with Gasteiger partial charge in [0, 0.05) is 30.4 Å². The second kappa shape index (κ2) is 6.79. The van der Waals surface area contributed by atoms with Crippen molar-refractivity contribution in [2.75, 3.05) is 24.6 Å². The number of anilines is 1.